The first-order valence-corrected chi connectivity index (χ1v) is 8.03. The lowest BCUT2D eigenvalue weighted by Crippen LogP contribution is -2.32. The van der Waals surface area contributed by atoms with Crippen LogP contribution < -0.4 is 5.32 Å². The molecule has 1 fully saturated rings. The van der Waals surface area contributed by atoms with Crippen molar-refractivity contribution < 1.29 is 23.1 Å². The third kappa shape index (κ3) is 4.02. The summed E-state index contributed by atoms with van der Waals surface area (Å²) in [5.74, 6) is -0.816. The zero-order chi connectivity index (χ0) is 18.0. The van der Waals surface area contributed by atoms with Gasteiger partial charge in [0.2, 0.25) is 5.91 Å². The third-order valence-corrected chi connectivity index (χ3v) is 4.47. The number of nitrogens with one attached hydrogen (secondary N) is 1. The first kappa shape index (κ1) is 17.5. The minimum atomic E-state index is -4.39. The second kappa shape index (κ2) is 6.88. The normalized spacial score (nSPS) is 20.8. The van der Waals surface area contributed by atoms with Crippen molar-refractivity contribution in [3.63, 3.8) is 0 Å². The number of carbonyl (C=O) groups is 1. The molecule has 1 aliphatic rings. The number of aliphatic hydroxyl groups is 1. The number of amides is 1. The number of hydrogen-bond acceptors (Lipinski definition) is 2. The van der Waals surface area contributed by atoms with Crippen LogP contribution in [-0.2, 0) is 11.0 Å². The molecule has 3 unspecified atom stereocenters. The lowest BCUT2D eigenvalue weighted by molar-refractivity contribution is -0.137. The van der Waals surface area contributed by atoms with E-state index in [0.29, 0.717) is 12.0 Å². The van der Waals surface area contributed by atoms with E-state index in [9.17, 15) is 23.1 Å². The van der Waals surface area contributed by atoms with Crippen LogP contribution in [0, 0.1) is 5.92 Å². The second-order valence-electron chi connectivity index (χ2n) is 6.23. The second-order valence-corrected chi connectivity index (χ2v) is 6.23. The molecule has 3 nitrogen and oxygen atoms in total. The number of carbonyl (C=O) groups excluding carboxylic acids is 1. The van der Waals surface area contributed by atoms with Crippen molar-refractivity contribution in [2.24, 2.45) is 5.92 Å². The maximum atomic E-state index is 12.8. The van der Waals surface area contributed by atoms with Crippen LogP contribution in [0.2, 0.25) is 0 Å². The maximum absolute atomic E-state index is 12.8. The fourth-order valence-corrected chi connectivity index (χ4v) is 3.00. The van der Waals surface area contributed by atoms with Gasteiger partial charge in [-0.05, 0) is 29.5 Å². The van der Waals surface area contributed by atoms with Gasteiger partial charge in [-0.1, -0.05) is 48.5 Å². The van der Waals surface area contributed by atoms with Gasteiger partial charge in [-0.25, -0.2) is 0 Å². The molecule has 2 aromatic carbocycles. The Bertz CT molecular complexity index is 746. The van der Waals surface area contributed by atoms with Crippen LogP contribution in [0.3, 0.4) is 0 Å². The third-order valence-electron chi connectivity index (χ3n) is 4.47. The Balaban J connectivity index is 1.66. The van der Waals surface area contributed by atoms with E-state index >= 15 is 0 Å². The van der Waals surface area contributed by atoms with Gasteiger partial charge in [-0.15, -0.1) is 0 Å². The molecule has 0 aromatic heterocycles. The molecule has 1 saturated carbocycles. The number of hydrogen-bond donors (Lipinski definition) is 2. The minimum Gasteiger partial charge on any atom is -0.394 e. The van der Waals surface area contributed by atoms with E-state index in [2.05, 4.69) is 5.32 Å². The van der Waals surface area contributed by atoms with Gasteiger partial charge in [0.25, 0.3) is 0 Å². The maximum Gasteiger partial charge on any atom is 0.416 e. The SMILES string of the molecule is O=C(NC(CO)c1ccccc1)C1CC1c1cccc(C(F)(F)F)c1. The Morgan fingerprint density at radius 3 is 2.52 bits per heavy atom. The average Bonchev–Trinajstić information content (AvgIpc) is 3.40. The highest BCUT2D eigenvalue weighted by Crippen LogP contribution is 2.48. The lowest BCUT2D eigenvalue weighted by atomic mass is 10.0. The summed E-state index contributed by atoms with van der Waals surface area (Å²) in [5.41, 5.74) is 0.610. The van der Waals surface area contributed by atoms with Crippen molar-refractivity contribution in [1.29, 1.82) is 0 Å². The minimum absolute atomic E-state index is 0.211. The van der Waals surface area contributed by atoms with Crippen LogP contribution in [-0.4, -0.2) is 17.6 Å². The summed E-state index contributed by atoms with van der Waals surface area (Å²) in [6.07, 6.45) is -3.88. The molecule has 3 rings (SSSR count). The number of rotatable bonds is 5. The lowest BCUT2D eigenvalue weighted by Gasteiger charge is -2.17. The summed E-state index contributed by atoms with van der Waals surface area (Å²) >= 11 is 0. The molecule has 3 atom stereocenters. The molecule has 0 radical (unpaired) electrons. The van der Waals surface area contributed by atoms with E-state index in [-0.39, 0.29) is 24.3 Å². The Morgan fingerprint density at radius 1 is 1.16 bits per heavy atom. The molecule has 0 spiro atoms. The van der Waals surface area contributed by atoms with Gasteiger partial charge in [0.1, 0.15) is 0 Å². The summed E-state index contributed by atoms with van der Waals surface area (Å²) < 4.78 is 38.4. The van der Waals surface area contributed by atoms with Crippen molar-refractivity contribution in [3.8, 4) is 0 Å². The van der Waals surface area contributed by atoms with Gasteiger partial charge in [0.05, 0.1) is 18.2 Å². The monoisotopic (exact) mass is 349 g/mol. The van der Waals surface area contributed by atoms with Crippen LogP contribution in [0.4, 0.5) is 13.2 Å². The summed E-state index contributed by atoms with van der Waals surface area (Å²) in [7, 11) is 0. The van der Waals surface area contributed by atoms with E-state index in [1.165, 1.54) is 6.07 Å². The van der Waals surface area contributed by atoms with Crippen LogP contribution in [0.15, 0.2) is 54.6 Å². The van der Waals surface area contributed by atoms with Gasteiger partial charge in [0, 0.05) is 5.92 Å². The Kier molecular flexibility index (Phi) is 4.81. The average molecular weight is 349 g/mol. The Labute approximate surface area is 143 Å². The van der Waals surface area contributed by atoms with Gasteiger partial charge in [-0.3, -0.25) is 4.79 Å². The Hall–Kier alpha value is -2.34. The Morgan fingerprint density at radius 2 is 1.88 bits per heavy atom. The van der Waals surface area contributed by atoms with Crippen LogP contribution in [0.1, 0.15) is 35.1 Å². The van der Waals surface area contributed by atoms with Gasteiger partial charge < -0.3 is 10.4 Å². The molecular weight excluding hydrogens is 331 g/mol. The highest BCUT2D eigenvalue weighted by molar-refractivity contribution is 5.83. The molecule has 0 saturated heterocycles. The smallest absolute Gasteiger partial charge is 0.394 e. The van der Waals surface area contributed by atoms with Crippen LogP contribution in [0.25, 0.3) is 0 Å². The highest BCUT2D eigenvalue weighted by atomic mass is 19.4. The predicted molar refractivity (Wildman–Crippen MR) is 86.7 cm³/mol. The van der Waals surface area contributed by atoms with Crippen molar-refractivity contribution >= 4 is 5.91 Å². The van der Waals surface area contributed by atoms with Gasteiger partial charge in [0.15, 0.2) is 0 Å². The van der Waals surface area contributed by atoms with Crippen LogP contribution in [0.5, 0.6) is 0 Å². The van der Waals surface area contributed by atoms with E-state index in [1.807, 2.05) is 18.2 Å². The molecular formula is C19H18F3NO2. The van der Waals surface area contributed by atoms with E-state index < -0.39 is 17.8 Å². The molecule has 1 amide bonds. The van der Waals surface area contributed by atoms with Crippen LogP contribution >= 0.6 is 0 Å². The summed E-state index contributed by atoms with van der Waals surface area (Å²) in [5, 5.41) is 12.3. The van der Waals surface area contributed by atoms with E-state index in [4.69, 9.17) is 0 Å². The number of benzene rings is 2. The predicted octanol–water partition coefficient (Wildman–Crippen LogP) is 3.66. The highest BCUT2D eigenvalue weighted by Gasteiger charge is 2.45. The fourth-order valence-electron chi connectivity index (χ4n) is 3.00. The summed E-state index contributed by atoms with van der Waals surface area (Å²) in [4.78, 5) is 12.4. The number of alkyl halides is 3. The van der Waals surface area contributed by atoms with E-state index in [1.54, 1.807) is 18.2 Å². The first-order valence-electron chi connectivity index (χ1n) is 8.03. The molecule has 2 aromatic rings. The zero-order valence-electron chi connectivity index (χ0n) is 13.3. The summed E-state index contributed by atoms with van der Waals surface area (Å²) in [6, 6.07) is 13.7. The molecule has 0 bridgehead atoms. The first-order chi connectivity index (χ1) is 11.9. The number of aliphatic hydroxyl groups excluding tert-OH is 1. The fraction of sp³-hybridized carbons (Fsp3) is 0.316. The molecule has 6 heteroatoms. The molecule has 25 heavy (non-hydrogen) atoms. The zero-order valence-corrected chi connectivity index (χ0v) is 13.3. The van der Waals surface area contributed by atoms with Crippen molar-refractivity contribution in [3.05, 3.63) is 71.3 Å². The molecule has 0 aliphatic heterocycles. The van der Waals surface area contributed by atoms with Gasteiger partial charge in [-0.2, -0.15) is 13.2 Å². The van der Waals surface area contributed by atoms with Crippen molar-refractivity contribution in [2.45, 2.75) is 24.6 Å². The topological polar surface area (TPSA) is 49.3 Å². The van der Waals surface area contributed by atoms with E-state index in [0.717, 1.165) is 17.7 Å². The molecule has 132 valence electrons. The van der Waals surface area contributed by atoms with Crippen molar-refractivity contribution in [1.82, 2.24) is 5.32 Å². The number of halogens is 3. The molecule has 2 N–H and O–H groups in total. The molecule has 0 heterocycles. The largest absolute Gasteiger partial charge is 0.416 e. The standard InChI is InChI=1S/C19H18F3NO2/c20-19(21,22)14-8-4-7-13(9-14)15-10-16(15)18(25)23-17(11-24)12-5-2-1-3-6-12/h1-9,15-17,24H,10-11H2,(H,23,25). The summed E-state index contributed by atoms with van der Waals surface area (Å²) in [6.45, 7) is -0.239. The quantitative estimate of drug-likeness (QED) is 0.866. The van der Waals surface area contributed by atoms with Crippen molar-refractivity contribution in [2.75, 3.05) is 6.61 Å². The van der Waals surface area contributed by atoms with Gasteiger partial charge >= 0.3 is 6.18 Å². The molecule has 1 aliphatic carbocycles.